The summed E-state index contributed by atoms with van der Waals surface area (Å²) in [6.07, 6.45) is 1.01. The second kappa shape index (κ2) is 5.64. The van der Waals surface area contributed by atoms with E-state index in [0.717, 1.165) is 17.9 Å². The molecule has 96 valence electrons. The van der Waals surface area contributed by atoms with Crippen molar-refractivity contribution >= 4 is 0 Å². The van der Waals surface area contributed by atoms with E-state index in [1.807, 2.05) is 24.3 Å². The Morgan fingerprint density at radius 2 is 2.00 bits per heavy atom. The maximum absolute atomic E-state index is 9.13. The lowest BCUT2D eigenvalue weighted by molar-refractivity contribution is 0.262. The maximum Gasteiger partial charge on any atom is 0.132 e. The Hall–Kier alpha value is -1.88. The molecule has 5 heteroatoms. The van der Waals surface area contributed by atoms with Crippen molar-refractivity contribution in [3.63, 3.8) is 0 Å². The summed E-state index contributed by atoms with van der Waals surface area (Å²) in [7, 11) is 1.78. The fraction of sp³-hybridized carbons (Fsp3) is 0.385. The summed E-state index contributed by atoms with van der Waals surface area (Å²) in [6, 6.07) is 7.98. The van der Waals surface area contributed by atoms with Gasteiger partial charge in [-0.25, -0.2) is 4.68 Å². The van der Waals surface area contributed by atoms with E-state index in [4.69, 9.17) is 9.84 Å². The standard InChI is InChI=1S/C13H17N3O2/c1-3-10-4-6-11(7-5-10)18-9-13-12(8-17)14-15-16(13)2/h4-7,17H,3,8-9H2,1-2H3. The van der Waals surface area contributed by atoms with Crippen LogP contribution in [-0.2, 0) is 26.7 Å². The van der Waals surface area contributed by atoms with Gasteiger partial charge >= 0.3 is 0 Å². The number of hydrogen-bond donors (Lipinski definition) is 1. The van der Waals surface area contributed by atoms with Gasteiger partial charge in [-0.05, 0) is 24.1 Å². The van der Waals surface area contributed by atoms with Crippen LogP contribution >= 0.6 is 0 Å². The first-order chi connectivity index (χ1) is 8.74. The van der Waals surface area contributed by atoms with Gasteiger partial charge in [-0.2, -0.15) is 0 Å². The summed E-state index contributed by atoms with van der Waals surface area (Å²) in [5, 5.41) is 16.8. The summed E-state index contributed by atoms with van der Waals surface area (Å²) in [6.45, 7) is 2.34. The number of aliphatic hydroxyl groups is 1. The predicted molar refractivity (Wildman–Crippen MR) is 67.1 cm³/mol. The number of aliphatic hydroxyl groups excluding tert-OH is 1. The Kier molecular flexibility index (Phi) is 3.94. The molecule has 0 saturated carbocycles. The Balaban J connectivity index is 2.04. The molecule has 0 aliphatic heterocycles. The zero-order valence-electron chi connectivity index (χ0n) is 10.6. The van der Waals surface area contributed by atoms with E-state index in [2.05, 4.69) is 17.2 Å². The minimum atomic E-state index is -0.124. The van der Waals surface area contributed by atoms with Crippen LogP contribution in [0, 0.1) is 0 Å². The molecule has 0 spiro atoms. The molecule has 0 bridgehead atoms. The van der Waals surface area contributed by atoms with Crippen molar-refractivity contribution in [3.05, 3.63) is 41.2 Å². The van der Waals surface area contributed by atoms with Gasteiger partial charge in [0, 0.05) is 7.05 Å². The van der Waals surface area contributed by atoms with Gasteiger partial charge in [0.25, 0.3) is 0 Å². The Morgan fingerprint density at radius 1 is 1.28 bits per heavy atom. The van der Waals surface area contributed by atoms with Crippen LogP contribution in [0.2, 0.25) is 0 Å². The first-order valence-electron chi connectivity index (χ1n) is 5.94. The van der Waals surface area contributed by atoms with E-state index >= 15 is 0 Å². The van der Waals surface area contributed by atoms with Crippen LogP contribution in [0.15, 0.2) is 24.3 Å². The lowest BCUT2D eigenvalue weighted by atomic mass is 10.2. The van der Waals surface area contributed by atoms with Gasteiger partial charge in [0.1, 0.15) is 23.7 Å². The smallest absolute Gasteiger partial charge is 0.132 e. The molecule has 0 radical (unpaired) electrons. The molecule has 2 aromatic rings. The largest absolute Gasteiger partial charge is 0.487 e. The molecule has 2 rings (SSSR count). The number of rotatable bonds is 5. The lowest BCUT2D eigenvalue weighted by Crippen LogP contribution is -2.05. The molecule has 0 unspecified atom stereocenters. The quantitative estimate of drug-likeness (QED) is 0.868. The third-order valence-electron chi connectivity index (χ3n) is 2.88. The second-order valence-corrected chi connectivity index (χ2v) is 4.05. The number of aromatic nitrogens is 3. The highest BCUT2D eigenvalue weighted by atomic mass is 16.5. The van der Waals surface area contributed by atoms with Crippen LogP contribution in [0.5, 0.6) is 5.75 Å². The highest BCUT2D eigenvalue weighted by Gasteiger charge is 2.10. The molecule has 0 atom stereocenters. The van der Waals surface area contributed by atoms with Crippen LogP contribution in [0.1, 0.15) is 23.9 Å². The van der Waals surface area contributed by atoms with Gasteiger partial charge in [-0.15, -0.1) is 5.10 Å². The molecular weight excluding hydrogens is 230 g/mol. The van der Waals surface area contributed by atoms with Crippen LogP contribution < -0.4 is 4.74 Å². The molecule has 0 aliphatic rings. The zero-order valence-corrected chi connectivity index (χ0v) is 10.6. The molecule has 1 heterocycles. The number of nitrogens with zero attached hydrogens (tertiary/aromatic N) is 3. The van der Waals surface area contributed by atoms with Gasteiger partial charge < -0.3 is 9.84 Å². The van der Waals surface area contributed by atoms with Gasteiger partial charge in [0.15, 0.2) is 0 Å². The Bertz CT molecular complexity index is 505. The van der Waals surface area contributed by atoms with E-state index in [1.54, 1.807) is 11.7 Å². The van der Waals surface area contributed by atoms with E-state index in [-0.39, 0.29) is 6.61 Å². The molecule has 0 aliphatic carbocycles. The molecule has 1 N–H and O–H groups in total. The molecule has 18 heavy (non-hydrogen) atoms. The first-order valence-corrected chi connectivity index (χ1v) is 5.94. The molecule has 0 saturated heterocycles. The van der Waals surface area contributed by atoms with Crippen LogP contribution in [0.25, 0.3) is 0 Å². The number of benzene rings is 1. The van der Waals surface area contributed by atoms with E-state index in [9.17, 15) is 0 Å². The van der Waals surface area contributed by atoms with Crippen molar-refractivity contribution < 1.29 is 9.84 Å². The number of hydrogen-bond acceptors (Lipinski definition) is 4. The zero-order chi connectivity index (χ0) is 13.0. The monoisotopic (exact) mass is 247 g/mol. The predicted octanol–water partition coefficient (Wildman–Crippen LogP) is 1.45. The molecule has 0 fully saturated rings. The van der Waals surface area contributed by atoms with Crippen LogP contribution in [0.3, 0.4) is 0 Å². The maximum atomic E-state index is 9.13. The van der Waals surface area contributed by atoms with Gasteiger partial charge in [-0.3, -0.25) is 0 Å². The summed E-state index contributed by atoms with van der Waals surface area (Å²) in [5.74, 6) is 0.803. The highest BCUT2D eigenvalue weighted by Crippen LogP contribution is 2.15. The molecule has 5 nitrogen and oxygen atoms in total. The van der Waals surface area contributed by atoms with E-state index in [1.165, 1.54) is 5.56 Å². The summed E-state index contributed by atoms with van der Waals surface area (Å²) in [5.41, 5.74) is 2.63. The Labute approximate surface area is 106 Å². The van der Waals surface area contributed by atoms with Crippen molar-refractivity contribution in [2.45, 2.75) is 26.6 Å². The van der Waals surface area contributed by atoms with Crippen LogP contribution in [-0.4, -0.2) is 20.1 Å². The average Bonchev–Trinajstić information content (AvgIpc) is 2.77. The van der Waals surface area contributed by atoms with Gasteiger partial charge in [0.05, 0.1) is 6.61 Å². The van der Waals surface area contributed by atoms with Crippen molar-refractivity contribution in [1.82, 2.24) is 15.0 Å². The number of aryl methyl sites for hydroxylation is 2. The normalized spacial score (nSPS) is 10.6. The SMILES string of the molecule is CCc1ccc(OCc2c(CO)nnn2C)cc1. The summed E-state index contributed by atoms with van der Waals surface area (Å²) < 4.78 is 7.28. The fourth-order valence-corrected chi connectivity index (χ4v) is 1.69. The number of ether oxygens (including phenoxy) is 1. The van der Waals surface area contributed by atoms with E-state index < -0.39 is 0 Å². The van der Waals surface area contributed by atoms with Crippen molar-refractivity contribution in [3.8, 4) is 5.75 Å². The molecule has 1 aromatic heterocycles. The highest BCUT2D eigenvalue weighted by molar-refractivity contribution is 5.27. The second-order valence-electron chi connectivity index (χ2n) is 4.05. The average molecular weight is 247 g/mol. The minimum Gasteiger partial charge on any atom is -0.487 e. The lowest BCUT2D eigenvalue weighted by Gasteiger charge is -2.07. The first kappa shape index (κ1) is 12.6. The van der Waals surface area contributed by atoms with E-state index in [0.29, 0.717) is 12.3 Å². The van der Waals surface area contributed by atoms with Gasteiger partial charge in [-0.1, -0.05) is 24.3 Å². The Morgan fingerprint density at radius 3 is 2.61 bits per heavy atom. The van der Waals surface area contributed by atoms with Gasteiger partial charge in [0.2, 0.25) is 0 Å². The summed E-state index contributed by atoms with van der Waals surface area (Å²) in [4.78, 5) is 0. The molecule has 0 amide bonds. The summed E-state index contributed by atoms with van der Waals surface area (Å²) >= 11 is 0. The topological polar surface area (TPSA) is 60.2 Å². The fourth-order valence-electron chi connectivity index (χ4n) is 1.69. The van der Waals surface area contributed by atoms with Crippen molar-refractivity contribution in [2.24, 2.45) is 7.05 Å². The molecular formula is C13H17N3O2. The third-order valence-corrected chi connectivity index (χ3v) is 2.88. The van der Waals surface area contributed by atoms with Crippen LogP contribution in [0.4, 0.5) is 0 Å². The molecule has 1 aromatic carbocycles. The third kappa shape index (κ3) is 2.68. The van der Waals surface area contributed by atoms with Crippen molar-refractivity contribution in [2.75, 3.05) is 0 Å². The minimum absolute atomic E-state index is 0.124. The van der Waals surface area contributed by atoms with Crippen molar-refractivity contribution in [1.29, 1.82) is 0 Å².